The molecule has 21 heavy (non-hydrogen) atoms. The third-order valence-electron chi connectivity index (χ3n) is 3.78. The van der Waals surface area contributed by atoms with E-state index in [-0.39, 0.29) is 24.0 Å². The molecular weight excluding hydrogens is 272 g/mol. The van der Waals surface area contributed by atoms with E-state index >= 15 is 0 Å². The molecule has 0 atom stereocenters. The Balaban J connectivity index is 2.02. The maximum atomic E-state index is 12.0. The fourth-order valence-corrected chi connectivity index (χ4v) is 2.74. The lowest BCUT2D eigenvalue weighted by atomic mass is 10.1. The molecule has 0 saturated carbocycles. The average molecular weight is 292 g/mol. The van der Waals surface area contributed by atoms with Crippen molar-refractivity contribution in [1.29, 1.82) is 0 Å². The fourth-order valence-electron chi connectivity index (χ4n) is 2.74. The highest BCUT2D eigenvalue weighted by Crippen LogP contribution is 2.19. The Morgan fingerprint density at radius 3 is 2.33 bits per heavy atom. The number of esters is 1. The summed E-state index contributed by atoms with van der Waals surface area (Å²) in [5.74, 6) is -0.877. The van der Waals surface area contributed by atoms with Gasteiger partial charge in [-0.25, -0.2) is 4.79 Å². The van der Waals surface area contributed by atoms with Gasteiger partial charge in [-0.15, -0.1) is 0 Å². The molecule has 1 fully saturated rings. The molecule has 0 aromatic carbocycles. The van der Waals surface area contributed by atoms with Crippen molar-refractivity contribution in [3.05, 3.63) is 22.5 Å². The summed E-state index contributed by atoms with van der Waals surface area (Å²) in [6.45, 7) is 6.08. The highest BCUT2D eigenvalue weighted by atomic mass is 16.5. The Morgan fingerprint density at radius 2 is 1.81 bits per heavy atom. The van der Waals surface area contributed by atoms with E-state index in [9.17, 15) is 14.4 Å². The smallest absolute Gasteiger partial charge is 0.355 e. The first-order chi connectivity index (χ1) is 9.91. The molecule has 1 aromatic rings. The number of rotatable bonds is 4. The maximum Gasteiger partial charge on any atom is 0.355 e. The number of carbonyl (C=O) groups is 3. The molecule has 1 aromatic heterocycles. The van der Waals surface area contributed by atoms with E-state index < -0.39 is 5.97 Å². The van der Waals surface area contributed by atoms with Gasteiger partial charge in [-0.05, 0) is 39.2 Å². The molecule has 0 radical (unpaired) electrons. The van der Waals surface area contributed by atoms with Crippen molar-refractivity contribution in [1.82, 2.24) is 9.88 Å². The molecule has 6 heteroatoms. The summed E-state index contributed by atoms with van der Waals surface area (Å²) in [4.78, 5) is 40.0. The number of aromatic amines is 1. The molecule has 1 aliphatic rings. The average Bonchev–Trinajstić information content (AvgIpc) is 3.03. The first-order valence-corrected chi connectivity index (χ1v) is 7.06. The Labute approximate surface area is 123 Å². The monoisotopic (exact) mass is 292 g/mol. The van der Waals surface area contributed by atoms with Gasteiger partial charge in [-0.3, -0.25) is 9.59 Å². The predicted octanol–water partition coefficient (Wildman–Crippen LogP) is 1.61. The van der Waals surface area contributed by atoms with E-state index in [2.05, 4.69) is 4.98 Å². The Bertz CT molecular complexity index is 583. The van der Waals surface area contributed by atoms with Crippen LogP contribution in [0.2, 0.25) is 0 Å². The number of ketones is 1. The van der Waals surface area contributed by atoms with Crippen LogP contribution in [0.15, 0.2) is 0 Å². The van der Waals surface area contributed by atoms with Crippen LogP contribution in [0.3, 0.4) is 0 Å². The van der Waals surface area contributed by atoms with Gasteiger partial charge in [0.1, 0.15) is 5.69 Å². The number of amides is 1. The number of likely N-dealkylation sites (tertiary alicyclic amines) is 1. The van der Waals surface area contributed by atoms with Gasteiger partial charge in [0, 0.05) is 24.3 Å². The standard InChI is InChI=1S/C15H20N2O4/c1-9-13(11(3)18)10(2)16-14(9)15(20)21-8-12(19)17-6-4-5-7-17/h16H,4-8H2,1-3H3. The number of hydrogen-bond donors (Lipinski definition) is 1. The lowest BCUT2D eigenvalue weighted by Crippen LogP contribution is -2.32. The van der Waals surface area contributed by atoms with Gasteiger partial charge in [-0.2, -0.15) is 0 Å². The highest BCUT2D eigenvalue weighted by molar-refractivity contribution is 6.01. The Hall–Kier alpha value is -2.11. The molecule has 0 bridgehead atoms. The number of hydrogen-bond acceptors (Lipinski definition) is 4. The van der Waals surface area contributed by atoms with Crippen molar-refractivity contribution in [3.8, 4) is 0 Å². The SMILES string of the molecule is CC(=O)c1c(C)[nH]c(C(=O)OCC(=O)N2CCCC2)c1C. The number of H-pyrrole nitrogens is 1. The summed E-state index contributed by atoms with van der Waals surface area (Å²) in [5, 5.41) is 0. The minimum atomic E-state index is -0.601. The molecule has 2 heterocycles. The minimum Gasteiger partial charge on any atom is -0.451 e. The number of nitrogens with one attached hydrogen (secondary N) is 1. The first kappa shape index (κ1) is 15.3. The van der Waals surface area contributed by atoms with Crippen molar-refractivity contribution in [2.75, 3.05) is 19.7 Å². The van der Waals surface area contributed by atoms with Crippen molar-refractivity contribution in [2.24, 2.45) is 0 Å². The zero-order valence-corrected chi connectivity index (χ0v) is 12.6. The molecule has 6 nitrogen and oxygen atoms in total. The molecule has 1 aliphatic heterocycles. The molecule has 114 valence electrons. The number of ether oxygens (including phenoxy) is 1. The van der Waals surface area contributed by atoms with E-state index in [1.54, 1.807) is 18.7 Å². The number of aromatic nitrogens is 1. The summed E-state index contributed by atoms with van der Waals surface area (Å²) in [6, 6.07) is 0. The normalized spacial score (nSPS) is 14.3. The van der Waals surface area contributed by atoms with Gasteiger partial charge in [0.2, 0.25) is 0 Å². The van der Waals surface area contributed by atoms with Crippen molar-refractivity contribution in [3.63, 3.8) is 0 Å². The van der Waals surface area contributed by atoms with E-state index in [1.165, 1.54) is 6.92 Å². The van der Waals surface area contributed by atoms with Crippen molar-refractivity contribution in [2.45, 2.75) is 33.6 Å². The van der Waals surface area contributed by atoms with Crippen molar-refractivity contribution >= 4 is 17.7 Å². The van der Waals surface area contributed by atoms with Gasteiger partial charge in [0.25, 0.3) is 5.91 Å². The van der Waals surface area contributed by atoms with Gasteiger partial charge < -0.3 is 14.6 Å². The lowest BCUT2D eigenvalue weighted by molar-refractivity contribution is -0.133. The number of aryl methyl sites for hydroxylation is 1. The third kappa shape index (κ3) is 3.15. The summed E-state index contributed by atoms with van der Waals surface area (Å²) in [5.41, 5.74) is 1.95. The van der Waals surface area contributed by atoms with Crippen LogP contribution in [-0.2, 0) is 9.53 Å². The van der Waals surface area contributed by atoms with Crippen LogP contribution in [0.25, 0.3) is 0 Å². The molecule has 0 unspecified atom stereocenters. The van der Waals surface area contributed by atoms with Crippen LogP contribution < -0.4 is 0 Å². The predicted molar refractivity (Wildman–Crippen MR) is 76.4 cm³/mol. The molecule has 2 rings (SSSR count). The van der Waals surface area contributed by atoms with Gasteiger partial charge in [0.15, 0.2) is 12.4 Å². The first-order valence-electron chi connectivity index (χ1n) is 7.06. The molecule has 0 spiro atoms. The quantitative estimate of drug-likeness (QED) is 0.675. The third-order valence-corrected chi connectivity index (χ3v) is 3.78. The number of nitrogens with zero attached hydrogens (tertiary/aromatic N) is 1. The van der Waals surface area contributed by atoms with Crippen LogP contribution in [0.4, 0.5) is 0 Å². The van der Waals surface area contributed by atoms with E-state index in [4.69, 9.17) is 4.74 Å². The number of carbonyl (C=O) groups excluding carboxylic acids is 3. The number of Topliss-reactive ketones (excluding diaryl/α,β-unsaturated/α-hetero) is 1. The summed E-state index contributed by atoms with van der Waals surface area (Å²) >= 11 is 0. The largest absolute Gasteiger partial charge is 0.451 e. The second-order valence-electron chi connectivity index (χ2n) is 5.35. The van der Waals surface area contributed by atoms with Gasteiger partial charge in [-0.1, -0.05) is 0 Å². The molecule has 1 N–H and O–H groups in total. The maximum absolute atomic E-state index is 12.0. The molecule has 1 saturated heterocycles. The van der Waals surface area contributed by atoms with Crippen LogP contribution in [0.5, 0.6) is 0 Å². The summed E-state index contributed by atoms with van der Waals surface area (Å²) < 4.78 is 5.06. The second-order valence-corrected chi connectivity index (χ2v) is 5.35. The molecule has 0 aliphatic carbocycles. The van der Waals surface area contributed by atoms with Crippen LogP contribution in [0.1, 0.15) is 51.9 Å². The van der Waals surface area contributed by atoms with Gasteiger partial charge >= 0.3 is 5.97 Å². The fraction of sp³-hybridized carbons (Fsp3) is 0.533. The summed E-state index contributed by atoms with van der Waals surface area (Å²) in [6.07, 6.45) is 1.99. The zero-order valence-electron chi connectivity index (χ0n) is 12.6. The van der Waals surface area contributed by atoms with E-state index in [0.29, 0.717) is 16.8 Å². The second kappa shape index (κ2) is 6.11. The Morgan fingerprint density at radius 1 is 1.19 bits per heavy atom. The minimum absolute atomic E-state index is 0.103. The topological polar surface area (TPSA) is 79.5 Å². The zero-order chi connectivity index (χ0) is 15.6. The van der Waals surface area contributed by atoms with Crippen LogP contribution in [0, 0.1) is 13.8 Å². The van der Waals surface area contributed by atoms with E-state index in [1.807, 2.05) is 0 Å². The highest BCUT2D eigenvalue weighted by Gasteiger charge is 2.23. The molecule has 1 amide bonds. The van der Waals surface area contributed by atoms with Crippen LogP contribution >= 0.6 is 0 Å². The van der Waals surface area contributed by atoms with E-state index in [0.717, 1.165) is 25.9 Å². The van der Waals surface area contributed by atoms with Crippen LogP contribution in [-0.4, -0.2) is 47.2 Å². The Kier molecular flexibility index (Phi) is 4.45. The van der Waals surface area contributed by atoms with Crippen molar-refractivity contribution < 1.29 is 19.1 Å². The molecular formula is C15H20N2O4. The van der Waals surface area contributed by atoms with Gasteiger partial charge in [0.05, 0.1) is 0 Å². The summed E-state index contributed by atoms with van der Waals surface area (Å²) in [7, 11) is 0. The lowest BCUT2D eigenvalue weighted by Gasteiger charge is -2.14.